The van der Waals surface area contributed by atoms with Gasteiger partial charge in [0.1, 0.15) is 17.2 Å². The van der Waals surface area contributed by atoms with Gasteiger partial charge in [0.05, 0.1) is 11.6 Å². The molecule has 1 aromatic carbocycles. The summed E-state index contributed by atoms with van der Waals surface area (Å²) < 4.78 is 13.5. The fraction of sp³-hybridized carbons (Fsp3) is 0.630. The Bertz CT molecular complexity index is 1320. The molecule has 2 aromatic rings. The Kier molecular flexibility index (Phi) is 3.79. The van der Waals surface area contributed by atoms with Crippen LogP contribution in [0.15, 0.2) is 18.2 Å². The summed E-state index contributed by atoms with van der Waals surface area (Å²) in [5.41, 5.74) is 1.26. The van der Waals surface area contributed by atoms with E-state index in [9.17, 15) is 19.6 Å². The predicted molar refractivity (Wildman–Crippen MR) is 125 cm³/mol. The number of aromatic amines is 1. The summed E-state index contributed by atoms with van der Waals surface area (Å²) in [7, 11) is 0. The van der Waals surface area contributed by atoms with E-state index in [4.69, 9.17) is 0 Å². The van der Waals surface area contributed by atoms with Crippen LogP contribution in [0.3, 0.4) is 0 Å². The lowest BCUT2D eigenvalue weighted by Crippen LogP contribution is -2.74. The lowest BCUT2D eigenvalue weighted by atomic mass is 9.29. The number of hydrogen-bond acceptors (Lipinski definition) is 5. The van der Waals surface area contributed by atoms with Crippen molar-refractivity contribution in [3.05, 3.63) is 46.8 Å². The summed E-state index contributed by atoms with van der Waals surface area (Å²) in [6.45, 7) is 3.31. The van der Waals surface area contributed by atoms with Crippen LogP contribution in [-0.2, 0) is 11.0 Å². The summed E-state index contributed by atoms with van der Waals surface area (Å²) in [6.07, 6.45) is 6.70. The Morgan fingerprint density at radius 2 is 1.89 bits per heavy atom. The summed E-state index contributed by atoms with van der Waals surface area (Å²) in [5, 5.41) is 26.9. The molecule has 7 fully saturated rings. The van der Waals surface area contributed by atoms with Gasteiger partial charge >= 0.3 is 6.03 Å². The van der Waals surface area contributed by atoms with Crippen molar-refractivity contribution < 1.29 is 14.3 Å². The molecule has 36 heavy (non-hydrogen) atoms. The van der Waals surface area contributed by atoms with Gasteiger partial charge in [-0.2, -0.15) is 10.4 Å². The molecular formula is C27H29FN6O2. The highest BCUT2D eigenvalue weighted by atomic mass is 19.1. The Morgan fingerprint density at radius 1 is 1.17 bits per heavy atom. The van der Waals surface area contributed by atoms with Crippen molar-refractivity contribution in [2.24, 2.45) is 16.7 Å². The molecule has 3 heterocycles. The maximum absolute atomic E-state index is 13.5. The van der Waals surface area contributed by atoms with E-state index in [1.54, 1.807) is 6.07 Å². The van der Waals surface area contributed by atoms with Crippen LogP contribution in [0.4, 0.5) is 9.18 Å². The first kappa shape index (κ1) is 21.1. The number of aliphatic hydroxyl groups is 1. The molecule has 5 saturated carbocycles. The minimum Gasteiger partial charge on any atom is -0.382 e. The van der Waals surface area contributed by atoms with E-state index in [-0.39, 0.29) is 22.7 Å². The van der Waals surface area contributed by atoms with Crippen LogP contribution in [0.2, 0.25) is 0 Å². The number of nitrogens with one attached hydrogen (secondary N) is 1. The highest BCUT2D eigenvalue weighted by Crippen LogP contribution is 2.77. The van der Waals surface area contributed by atoms with Crippen molar-refractivity contribution in [2.75, 3.05) is 26.2 Å². The normalized spacial score (nSPS) is 33.0. The molecule has 8 nitrogen and oxygen atoms in total. The second-order valence-electron chi connectivity index (χ2n) is 12.9. The average Bonchev–Trinajstić information content (AvgIpc) is 3.26. The minimum absolute atomic E-state index is 0.0501. The van der Waals surface area contributed by atoms with Gasteiger partial charge in [0, 0.05) is 37.5 Å². The third-order valence-electron chi connectivity index (χ3n) is 10.5. The third kappa shape index (κ3) is 2.68. The summed E-state index contributed by atoms with van der Waals surface area (Å²) in [4.78, 5) is 21.6. The lowest BCUT2D eigenvalue weighted by Gasteiger charge is -2.76. The highest BCUT2D eigenvalue weighted by molar-refractivity contribution is 5.76. The van der Waals surface area contributed by atoms with Crippen molar-refractivity contribution in [1.29, 1.82) is 5.26 Å². The number of aromatic nitrogens is 3. The SMILES string of the molecule is N#Cc1cc(F)ccc1C12CC(C3CN(C(=O)N4CC5(CC(c6nc(C7(O)CC7)n[nH]6)C5)C4)C3)(C1)C2. The molecule has 0 unspecified atom stereocenters. The molecule has 2 bridgehead atoms. The number of likely N-dealkylation sites (tertiary alicyclic amines) is 2. The maximum Gasteiger partial charge on any atom is 0.320 e. The number of halogens is 1. The van der Waals surface area contributed by atoms with E-state index in [1.165, 1.54) is 12.1 Å². The molecule has 0 atom stereocenters. The molecule has 9 rings (SSSR count). The van der Waals surface area contributed by atoms with E-state index in [1.807, 2.05) is 9.80 Å². The van der Waals surface area contributed by atoms with Gasteiger partial charge in [0.2, 0.25) is 0 Å². The zero-order chi connectivity index (χ0) is 24.5. The number of amides is 2. The predicted octanol–water partition coefficient (Wildman–Crippen LogP) is 3.15. The van der Waals surface area contributed by atoms with Crippen molar-refractivity contribution in [3.63, 3.8) is 0 Å². The Morgan fingerprint density at radius 3 is 2.56 bits per heavy atom. The van der Waals surface area contributed by atoms with Crippen LogP contribution in [0.25, 0.3) is 0 Å². The number of carbonyl (C=O) groups excluding carboxylic acids is 1. The standard InChI is InChI=1S/C27H29FN6O2/c28-19-1-2-20(16(5-19)8-29)26-11-25(12-26,13-26)18-9-33(10-18)23(35)34-14-24(15-34)6-17(7-24)21-30-22(32-31-21)27(36)3-4-27/h1-2,5,17-18,36H,3-4,6-7,9-15H2,(H,30,31,32). The van der Waals surface area contributed by atoms with E-state index in [0.29, 0.717) is 28.6 Å². The van der Waals surface area contributed by atoms with Gasteiger partial charge in [-0.05, 0) is 79.4 Å². The third-order valence-corrected chi connectivity index (χ3v) is 10.5. The van der Waals surface area contributed by atoms with E-state index in [0.717, 1.165) is 82.5 Å². The summed E-state index contributed by atoms with van der Waals surface area (Å²) in [6, 6.07) is 6.97. The Balaban J connectivity index is 0.821. The molecule has 9 heteroatoms. The summed E-state index contributed by atoms with van der Waals surface area (Å²) >= 11 is 0. The van der Waals surface area contributed by atoms with Crippen molar-refractivity contribution in [2.45, 2.75) is 61.9 Å². The van der Waals surface area contributed by atoms with E-state index < -0.39 is 5.60 Å². The maximum atomic E-state index is 13.5. The molecule has 5 aliphatic carbocycles. The molecule has 2 saturated heterocycles. The zero-order valence-corrected chi connectivity index (χ0v) is 20.1. The number of nitriles is 1. The molecule has 7 aliphatic rings. The van der Waals surface area contributed by atoms with Gasteiger partial charge < -0.3 is 14.9 Å². The fourth-order valence-corrected chi connectivity index (χ4v) is 8.22. The fourth-order valence-electron chi connectivity index (χ4n) is 8.22. The van der Waals surface area contributed by atoms with Crippen LogP contribution in [0.5, 0.6) is 0 Å². The first-order valence-electron chi connectivity index (χ1n) is 13.1. The van der Waals surface area contributed by atoms with Gasteiger partial charge in [-0.1, -0.05) is 6.07 Å². The van der Waals surface area contributed by atoms with Crippen LogP contribution in [0.1, 0.15) is 73.6 Å². The van der Waals surface area contributed by atoms with Crippen molar-refractivity contribution in [3.8, 4) is 6.07 Å². The van der Waals surface area contributed by atoms with Crippen LogP contribution < -0.4 is 0 Å². The lowest BCUT2D eigenvalue weighted by molar-refractivity contribution is -0.208. The molecule has 0 radical (unpaired) electrons. The smallest absolute Gasteiger partial charge is 0.320 e. The van der Waals surface area contributed by atoms with Gasteiger partial charge in [0.15, 0.2) is 5.82 Å². The number of hydrogen-bond donors (Lipinski definition) is 2. The molecular weight excluding hydrogens is 459 g/mol. The van der Waals surface area contributed by atoms with E-state index >= 15 is 0 Å². The average molecular weight is 489 g/mol. The van der Waals surface area contributed by atoms with Gasteiger partial charge in [0.25, 0.3) is 0 Å². The molecule has 186 valence electrons. The second-order valence-corrected chi connectivity index (χ2v) is 12.9. The number of H-pyrrole nitrogens is 1. The number of carbonyl (C=O) groups is 1. The van der Waals surface area contributed by atoms with Gasteiger partial charge in [-0.25, -0.2) is 14.2 Å². The Labute approximate surface area is 208 Å². The first-order valence-corrected chi connectivity index (χ1v) is 13.1. The number of rotatable bonds is 4. The zero-order valence-electron chi connectivity index (χ0n) is 20.1. The van der Waals surface area contributed by atoms with E-state index in [2.05, 4.69) is 21.3 Å². The molecule has 1 spiro atoms. The van der Waals surface area contributed by atoms with Crippen LogP contribution >= 0.6 is 0 Å². The molecule has 2 N–H and O–H groups in total. The minimum atomic E-state index is -0.800. The number of nitrogens with zero attached hydrogens (tertiary/aromatic N) is 5. The topological polar surface area (TPSA) is 109 Å². The monoisotopic (exact) mass is 488 g/mol. The largest absolute Gasteiger partial charge is 0.382 e. The van der Waals surface area contributed by atoms with Crippen LogP contribution in [-0.4, -0.2) is 62.3 Å². The van der Waals surface area contributed by atoms with Crippen molar-refractivity contribution in [1.82, 2.24) is 25.0 Å². The second kappa shape index (κ2) is 6.46. The summed E-state index contributed by atoms with van der Waals surface area (Å²) in [5.74, 6) is 1.95. The van der Waals surface area contributed by atoms with Gasteiger partial charge in [-0.3, -0.25) is 5.10 Å². The molecule has 1 aromatic heterocycles. The number of benzene rings is 1. The number of urea groups is 1. The van der Waals surface area contributed by atoms with Gasteiger partial charge in [-0.15, -0.1) is 0 Å². The quantitative estimate of drug-likeness (QED) is 0.687. The molecule has 2 aliphatic heterocycles. The molecule has 2 amide bonds. The van der Waals surface area contributed by atoms with Crippen molar-refractivity contribution >= 4 is 6.03 Å². The highest BCUT2D eigenvalue weighted by Gasteiger charge is 2.72. The van der Waals surface area contributed by atoms with Crippen LogP contribution in [0, 0.1) is 33.9 Å². The first-order chi connectivity index (χ1) is 17.2. The Hall–Kier alpha value is -2.99.